The quantitative estimate of drug-likeness (QED) is 0.830. The SMILES string of the molecule is CCc1csc(C2CCCN(C(=O)COCC(F)(F)F)C2)n1. The number of hydrogen-bond acceptors (Lipinski definition) is 4. The summed E-state index contributed by atoms with van der Waals surface area (Å²) in [5.41, 5.74) is 1.04. The van der Waals surface area contributed by atoms with Crippen LogP contribution in [-0.4, -0.2) is 48.3 Å². The number of ether oxygens (including phenoxy) is 1. The minimum absolute atomic E-state index is 0.172. The van der Waals surface area contributed by atoms with Crippen LogP contribution in [0.4, 0.5) is 13.2 Å². The van der Waals surface area contributed by atoms with Crippen molar-refractivity contribution in [1.82, 2.24) is 9.88 Å². The predicted octanol–water partition coefficient (Wildman–Crippen LogP) is 2.99. The Hall–Kier alpha value is -1.15. The van der Waals surface area contributed by atoms with E-state index in [1.807, 2.05) is 12.3 Å². The molecule has 1 aromatic rings. The first-order valence-electron chi connectivity index (χ1n) is 7.25. The van der Waals surface area contributed by atoms with Crippen LogP contribution in [0, 0.1) is 0 Å². The Morgan fingerprint density at radius 3 is 2.95 bits per heavy atom. The molecule has 1 aromatic heterocycles. The van der Waals surface area contributed by atoms with Crippen LogP contribution in [0.3, 0.4) is 0 Å². The topological polar surface area (TPSA) is 42.4 Å². The molecule has 2 rings (SSSR count). The number of aryl methyl sites for hydroxylation is 1. The van der Waals surface area contributed by atoms with E-state index >= 15 is 0 Å². The van der Waals surface area contributed by atoms with Crippen LogP contribution < -0.4 is 0 Å². The van der Waals surface area contributed by atoms with E-state index in [2.05, 4.69) is 9.72 Å². The first-order valence-corrected chi connectivity index (χ1v) is 8.13. The molecule has 0 bridgehead atoms. The Labute approximate surface area is 131 Å². The minimum Gasteiger partial charge on any atom is -0.362 e. The molecule has 4 nitrogen and oxygen atoms in total. The average Bonchev–Trinajstić information content (AvgIpc) is 2.95. The molecule has 2 heterocycles. The Morgan fingerprint density at radius 2 is 2.32 bits per heavy atom. The summed E-state index contributed by atoms with van der Waals surface area (Å²) in [6.45, 7) is 1.20. The van der Waals surface area contributed by atoms with Crippen LogP contribution in [0.1, 0.15) is 36.4 Å². The van der Waals surface area contributed by atoms with E-state index in [0.717, 1.165) is 30.0 Å². The van der Waals surface area contributed by atoms with Crippen LogP contribution in [-0.2, 0) is 16.0 Å². The molecule has 0 radical (unpaired) electrons. The standard InChI is InChI=1S/C14H19F3N2O2S/c1-2-11-8-22-13(18-11)10-4-3-5-19(6-10)12(20)7-21-9-14(15,16)17/h8,10H,2-7,9H2,1H3. The summed E-state index contributed by atoms with van der Waals surface area (Å²) in [7, 11) is 0. The molecule has 1 unspecified atom stereocenters. The molecule has 1 aliphatic rings. The third kappa shape index (κ3) is 4.95. The van der Waals surface area contributed by atoms with E-state index in [-0.39, 0.29) is 11.8 Å². The van der Waals surface area contributed by atoms with Crippen molar-refractivity contribution in [2.45, 2.75) is 38.3 Å². The number of rotatable bonds is 5. The van der Waals surface area contributed by atoms with Crippen molar-refractivity contribution in [2.24, 2.45) is 0 Å². The third-order valence-corrected chi connectivity index (χ3v) is 4.60. The van der Waals surface area contributed by atoms with Gasteiger partial charge in [0, 0.05) is 24.4 Å². The molecular weight excluding hydrogens is 317 g/mol. The van der Waals surface area contributed by atoms with Crippen LogP contribution in [0.2, 0.25) is 0 Å². The Morgan fingerprint density at radius 1 is 1.55 bits per heavy atom. The number of halogens is 3. The van der Waals surface area contributed by atoms with Gasteiger partial charge in [-0.05, 0) is 19.3 Å². The van der Waals surface area contributed by atoms with Gasteiger partial charge in [0.1, 0.15) is 13.2 Å². The number of piperidine rings is 1. The summed E-state index contributed by atoms with van der Waals surface area (Å²) >= 11 is 1.59. The van der Waals surface area contributed by atoms with E-state index in [0.29, 0.717) is 13.1 Å². The van der Waals surface area contributed by atoms with E-state index in [1.165, 1.54) is 0 Å². The summed E-state index contributed by atoms with van der Waals surface area (Å²) in [5.74, 6) is -0.216. The van der Waals surface area contributed by atoms with Gasteiger partial charge in [-0.3, -0.25) is 4.79 Å². The highest BCUT2D eigenvalue weighted by Crippen LogP contribution is 2.29. The zero-order valence-corrected chi connectivity index (χ0v) is 13.2. The van der Waals surface area contributed by atoms with Crippen molar-refractivity contribution in [1.29, 1.82) is 0 Å². The second kappa shape index (κ2) is 7.41. The molecule has 0 N–H and O–H groups in total. The molecule has 1 amide bonds. The minimum atomic E-state index is -4.40. The first-order chi connectivity index (χ1) is 10.4. The number of thiazole rings is 1. The Bertz CT molecular complexity index is 505. The van der Waals surface area contributed by atoms with Gasteiger partial charge in [0.25, 0.3) is 0 Å². The van der Waals surface area contributed by atoms with Gasteiger partial charge in [-0.25, -0.2) is 4.98 Å². The van der Waals surface area contributed by atoms with Gasteiger partial charge in [0.05, 0.1) is 10.7 Å². The number of alkyl halides is 3. The second-order valence-corrected chi connectivity index (χ2v) is 6.21. The fourth-order valence-corrected chi connectivity index (χ4v) is 3.45. The maximum atomic E-state index is 12.0. The second-order valence-electron chi connectivity index (χ2n) is 5.32. The third-order valence-electron chi connectivity index (χ3n) is 3.55. The summed E-state index contributed by atoms with van der Waals surface area (Å²) in [6.07, 6.45) is -1.75. The van der Waals surface area contributed by atoms with Gasteiger partial charge in [0.15, 0.2) is 0 Å². The van der Waals surface area contributed by atoms with Crippen LogP contribution in [0.5, 0.6) is 0 Å². The van der Waals surface area contributed by atoms with Crippen LogP contribution >= 0.6 is 11.3 Å². The predicted molar refractivity (Wildman–Crippen MR) is 76.9 cm³/mol. The molecule has 1 atom stereocenters. The van der Waals surface area contributed by atoms with E-state index in [4.69, 9.17) is 0 Å². The maximum absolute atomic E-state index is 12.0. The lowest BCUT2D eigenvalue weighted by Crippen LogP contribution is -2.41. The molecule has 0 saturated carbocycles. The molecule has 22 heavy (non-hydrogen) atoms. The molecule has 1 fully saturated rings. The highest BCUT2D eigenvalue weighted by Gasteiger charge is 2.30. The largest absolute Gasteiger partial charge is 0.411 e. The highest BCUT2D eigenvalue weighted by atomic mass is 32.1. The van der Waals surface area contributed by atoms with Crippen molar-refractivity contribution >= 4 is 17.2 Å². The van der Waals surface area contributed by atoms with Crippen molar-refractivity contribution in [2.75, 3.05) is 26.3 Å². The molecule has 1 saturated heterocycles. The molecule has 1 aliphatic heterocycles. The zero-order valence-electron chi connectivity index (χ0n) is 12.4. The van der Waals surface area contributed by atoms with E-state index in [1.54, 1.807) is 16.2 Å². The van der Waals surface area contributed by atoms with Gasteiger partial charge < -0.3 is 9.64 Å². The van der Waals surface area contributed by atoms with Crippen LogP contribution in [0.15, 0.2) is 5.38 Å². The van der Waals surface area contributed by atoms with Gasteiger partial charge in [0.2, 0.25) is 5.91 Å². The van der Waals surface area contributed by atoms with Crippen molar-refractivity contribution in [3.05, 3.63) is 16.1 Å². The van der Waals surface area contributed by atoms with Crippen molar-refractivity contribution in [3.63, 3.8) is 0 Å². The molecule has 0 spiro atoms. The Kier molecular flexibility index (Phi) is 5.80. The number of aromatic nitrogens is 1. The first kappa shape index (κ1) is 17.2. The van der Waals surface area contributed by atoms with Crippen molar-refractivity contribution < 1.29 is 22.7 Å². The lowest BCUT2D eigenvalue weighted by atomic mass is 9.98. The molecule has 8 heteroatoms. The van der Waals surface area contributed by atoms with Gasteiger partial charge >= 0.3 is 6.18 Å². The monoisotopic (exact) mass is 336 g/mol. The lowest BCUT2D eigenvalue weighted by Gasteiger charge is -2.31. The normalized spacial score (nSPS) is 19.5. The number of likely N-dealkylation sites (tertiary alicyclic amines) is 1. The Balaban J connectivity index is 1.85. The molecular formula is C14H19F3N2O2S. The summed E-state index contributed by atoms with van der Waals surface area (Å²) < 4.78 is 40.5. The van der Waals surface area contributed by atoms with Crippen molar-refractivity contribution in [3.8, 4) is 0 Å². The van der Waals surface area contributed by atoms with Crippen LogP contribution in [0.25, 0.3) is 0 Å². The number of amides is 1. The smallest absolute Gasteiger partial charge is 0.362 e. The fraction of sp³-hybridized carbons (Fsp3) is 0.714. The zero-order chi connectivity index (χ0) is 16.2. The van der Waals surface area contributed by atoms with E-state index in [9.17, 15) is 18.0 Å². The summed E-state index contributed by atoms with van der Waals surface area (Å²) in [4.78, 5) is 18.1. The number of carbonyl (C=O) groups excluding carboxylic acids is 1. The summed E-state index contributed by atoms with van der Waals surface area (Å²) in [5, 5.41) is 3.02. The lowest BCUT2D eigenvalue weighted by molar-refractivity contribution is -0.178. The number of carbonyl (C=O) groups is 1. The van der Waals surface area contributed by atoms with Gasteiger partial charge in [-0.1, -0.05) is 6.92 Å². The molecule has 0 aromatic carbocycles. The molecule has 0 aliphatic carbocycles. The highest BCUT2D eigenvalue weighted by molar-refractivity contribution is 7.09. The molecule has 124 valence electrons. The average molecular weight is 336 g/mol. The summed E-state index contributed by atoms with van der Waals surface area (Å²) in [6, 6.07) is 0. The maximum Gasteiger partial charge on any atom is 0.411 e. The van der Waals surface area contributed by atoms with E-state index < -0.39 is 19.4 Å². The fourth-order valence-electron chi connectivity index (χ4n) is 2.42. The number of hydrogen-bond donors (Lipinski definition) is 0. The number of nitrogens with zero attached hydrogens (tertiary/aromatic N) is 2. The van der Waals surface area contributed by atoms with Gasteiger partial charge in [-0.15, -0.1) is 11.3 Å². The van der Waals surface area contributed by atoms with Gasteiger partial charge in [-0.2, -0.15) is 13.2 Å².